The number of aromatic amines is 1. The van der Waals surface area contributed by atoms with E-state index >= 15 is 0 Å². The Morgan fingerprint density at radius 1 is 1.19 bits per heavy atom. The average molecular weight is 491 g/mol. The molecule has 5 rings (SSSR count). The largest absolute Gasteiger partial charge is 0.497 e. The van der Waals surface area contributed by atoms with Crippen molar-refractivity contribution in [2.75, 3.05) is 7.11 Å². The fourth-order valence-corrected chi connectivity index (χ4v) is 5.45. The third-order valence-electron chi connectivity index (χ3n) is 7.23. The molecule has 1 aromatic carbocycles. The highest BCUT2D eigenvalue weighted by molar-refractivity contribution is 5.80. The summed E-state index contributed by atoms with van der Waals surface area (Å²) >= 11 is 0. The fourth-order valence-electron chi connectivity index (χ4n) is 5.45. The minimum absolute atomic E-state index is 0.0518. The van der Waals surface area contributed by atoms with Gasteiger partial charge < -0.3 is 14.1 Å². The zero-order chi connectivity index (χ0) is 25.1. The minimum Gasteiger partial charge on any atom is -0.497 e. The summed E-state index contributed by atoms with van der Waals surface area (Å²) in [4.78, 5) is 18.8. The van der Waals surface area contributed by atoms with Gasteiger partial charge in [0.25, 0.3) is 5.56 Å². The molecule has 36 heavy (non-hydrogen) atoms. The molecule has 1 atom stereocenters. The second-order valence-electron chi connectivity index (χ2n) is 10.0. The van der Waals surface area contributed by atoms with E-state index in [9.17, 15) is 4.79 Å². The van der Waals surface area contributed by atoms with Crippen LogP contribution in [0.1, 0.15) is 69.1 Å². The molecule has 3 aromatic heterocycles. The number of H-pyrrole nitrogens is 1. The van der Waals surface area contributed by atoms with Crippen molar-refractivity contribution in [2.24, 2.45) is 5.92 Å². The Morgan fingerprint density at radius 2 is 2.03 bits per heavy atom. The van der Waals surface area contributed by atoms with Gasteiger partial charge >= 0.3 is 0 Å². The van der Waals surface area contributed by atoms with Crippen molar-refractivity contribution in [1.29, 1.82) is 0 Å². The molecule has 0 aliphatic heterocycles. The van der Waals surface area contributed by atoms with E-state index < -0.39 is 0 Å². The van der Waals surface area contributed by atoms with Crippen molar-refractivity contribution in [3.8, 4) is 5.75 Å². The summed E-state index contributed by atoms with van der Waals surface area (Å²) < 4.78 is 12.7. The molecule has 0 amide bonds. The molecule has 1 N–H and O–H groups in total. The lowest BCUT2D eigenvalue weighted by Gasteiger charge is -2.41. The van der Waals surface area contributed by atoms with Crippen LogP contribution in [0.15, 0.2) is 51.9 Å². The van der Waals surface area contributed by atoms with Crippen LogP contribution in [0.5, 0.6) is 5.75 Å². The van der Waals surface area contributed by atoms with E-state index in [1.165, 1.54) is 19.3 Å². The SMILES string of the molecule is COc1ccc2cc(CN(C3CCCCC3)[C@@H](c3nnnn3Cc3ccco3)C(C)C)c(=O)[nH]c2c1. The number of rotatable bonds is 9. The molecule has 1 fully saturated rings. The predicted molar refractivity (Wildman–Crippen MR) is 137 cm³/mol. The summed E-state index contributed by atoms with van der Waals surface area (Å²) in [6.07, 6.45) is 7.51. The van der Waals surface area contributed by atoms with E-state index in [4.69, 9.17) is 9.15 Å². The molecule has 1 aliphatic carbocycles. The molecule has 0 spiro atoms. The first-order chi connectivity index (χ1) is 17.5. The van der Waals surface area contributed by atoms with Gasteiger partial charge in [0, 0.05) is 24.2 Å². The highest BCUT2D eigenvalue weighted by atomic mass is 16.5. The summed E-state index contributed by atoms with van der Waals surface area (Å²) in [6.45, 7) is 5.39. The Balaban J connectivity index is 1.53. The molecule has 4 aromatic rings. The third kappa shape index (κ3) is 5.06. The van der Waals surface area contributed by atoms with Gasteiger partial charge in [-0.1, -0.05) is 33.1 Å². The lowest BCUT2D eigenvalue weighted by atomic mass is 9.90. The van der Waals surface area contributed by atoms with E-state index in [-0.39, 0.29) is 17.5 Å². The smallest absolute Gasteiger partial charge is 0.252 e. The highest BCUT2D eigenvalue weighted by Gasteiger charge is 2.35. The quantitative estimate of drug-likeness (QED) is 0.363. The number of ether oxygens (including phenoxy) is 1. The number of methoxy groups -OCH3 is 1. The van der Waals surface area contributed by atoms with Crippen LogP contribution in [0.3, 0.4) is 0 Å². The Labute approximate surface area is 210 Å². The van der Waals surface area contributed by atoms with E-state index in [0.29, 0.717) is 19.1 Å². The van der Waals surface area contributed by atoms with Crippen LogP contribution in [-0.4, -0.2) is 43.2 Å². The van der Waals surface area contributed by atoms with Crippen molar-refractivity contribution in [3.63, 3.8) is 0 Å². The van der Waals surface area contributed by atoms with Crippen LogP contribution in [0.4, 0.5) is 0 Å². The van der Waals surface area contributed by atoms with Crippen LogP contribution in [-0.2, 0) is 13.1 Å². The van der Waals surface area contributed by atoms with Gasteiger partial charge in [-0.3, -0.25) is 9.69 Å². The Bertz CT molecular complexity index is 1340. The second-order valence-corrected chi connectivity index (χ2v) is 10.0. The van der Waals surface area contributed by atoms with E-state index in [1.807, 2.05) is 41.1 Å². The topological polar surface area (TPSA) is 102 Å². The fraction of sp³-hybridized carbons (Fsp3) is 0.481. The Hall–Kier alpha value is -3.46. The summed E-state index contributed by atoms with van der Waals surface area (Å²) in [5.41, 5.74) is 1.44. The van der Waals surface area contributed by atoms with E-state index in [2.05, 4.69) is 39.3 Å². The summed E-state index contributed by atoms with van der Waals surface area (Å²) in [5, 5.41) is 13.8. The average Bonchev–Trinajstić information content (AvgIpc) is 3.57. The number of fused-ring (bicyclic) bond motifs is 1. The molecule has 1 saturated carbocycles. The van der Waals surface area contributed by atoms with Crippen molar-refractivity contribution in [1.82, 2.24) is 30.1 Å². The number of benzene rings is 1. The summed E-state index contributed by atoms with van der Waals surface area (Å²) in [6, 6.07) is 11.9. The Morgan fingerprint density at radius 3 is 2.75 bits per heavy atom. The van der Waals surface area contributed by atoms with Gasteiger partial charge in [0.15, 0.2) is 5.82 Å². The van der Waals surface area contributed by atoms with Gasteiger partial charge in [-0.15, -0.1) is 5.10 Å². The normalized spacial score (nSPS) is 15.7. The molecule has 3 heterocycles. The predicted octanol–water partition coefficient (Wildman–Crippen LogP) is 4.70. The standard InChI is InChI=1S/C27H34N6O3/c1-18(2)25(26-29-30-31-33(26)17-23-10-7-13-36-23)32(21-8-5-4-6-9-21)16-20-14-19-11-12-22(35-3)15-24(19)28-27(20)34/h7,10-15,18,21,25H,4-6,8-9,16-17H2,1-3H3,(H,28,34)/t25-/m1/s1. The van der Waals surface area contributed by atoms with Crippen molar-refractivity contribution < 1.29 is 9.15 Å². The molecule has 0 saturated heterocycles. The van der Waals surface area contributed by atoms with E-state index in [0.717, 1.165) is 46.6 Å². The number of nitrogens with one attached hydrogen (secondary N) is 1. The van der Waals surface area contributed by atoms with E-state index in [1.54, 1.807) is 13.4 Å². The molecule has 9 nitrogen and oxygen atoms in total. The van der Waals surface area contributed by atoms with Crippen LogP contribution < -0.4 is 10.3 Å². The molecule has 0 bridgehead atoms. The minimum atomic E-state index is -0.0748. The maximum Gasteiger partial charge on any atom is 0.252 e. The first kappa shape index (κ1) is 24.2. The third-order valence-corrected chi connectivity index (χ3v) is 7.23. The highest BCUT2D eigenvalue weighted by Crippen LogP contribution is 2.35. The van der Waals surface area contributed by atoms with Gasteiger partial charge in [0.1, 0.15) is 18.1 Å². The number of nitrogens with zero attached hydrogens (tertiary/aromatic N) is 5. The number of hydrogen-bond donors (Lipinski definition) is 1. The number of pyridine rings is 1. The molecule has 190 valence electrons. The number of tetrazole rings is 1. The maximum absolute atomic E-state index is 13.2. The second kappa shape index (κ2) is 10.7. The van der Waals surface area contributed by atoms with Gasteiger partial charge in [-0.25, -0.2) is 4.68 Å². The van der Waals surface area contributed by atoms with Crippen molar-refractivity contribution >= 4 is 10.9 Å². The van der Waals surface area contributed by atoms with Crippen LogP contribution in [0, 0.1) is 5.92 Å². The van der Waals surface area contributed by atoms with Gasteiger partial charge in [0.05, 0.1) is 24.9 Å². The van der Waals surface area contributed by atoms with Gasteiger partial charge in [-0.2, -0.15) is 0 Å². The first-order valence-electron chi connectivity index (χ1n) is 12.8. The first-order valence-corrected chi connectivity index (χ1v) is 12.8. The zero-order valence-electron chi connectivity index (χ0n) is 21.2. The number of hydrogen-bond acceptors (Lipinski definition) is 7. The number of furan rings is 1. The number of aromatic nitrogens is 5. The van der Waals surface area contributed by atoms with Crippen molar-refractivity contribution in [3.05, 3.63) is 70.2 Å². The lowest BCUT2D eigenvalue weighted by Crippen LogP contribution is -2.43. The van der Waals surface area contributed by atoms with Gasteiger partial charge in [0.2, 0.25) is 0 Å². The summed E-state index contributed by atoms with van der Waals surface area (Å²) in [7, 11) is 1.63. The van der Waals surface area contributed by atoms with Gasteiger partial charge in [-0.05, 0) is 64.9 Å². The zero-order valence-corrected chi connectivity index (χ0v) is 21.2. The van der Waals surface area contributed by atoms with Crippen LogP contribution in [0.2, 0.25) is 0 Å². The lowest BCUT2D eigenvalue weighted by molar-refractivity contribution is 0.0610. The molecule has 1 aliphatic rings. The Kier molecular flexibility index (Phi) is 7.18. The van der Waals surface area contributed by atoms with Crippen LogP contribution in [0.25, 0.3) is 10.9 Å². The molecule has 0 unspecified atom stereocenters. The maximum atomic E-state index is 13.2. The molecule has 0 radical (unpaired) electrons. The molecular weight excluding hydrogens is 456 g/mol. The van der Waals surface area contributed by atoms with Crippen LogP contribution >= 0.6 is 0 Å². The summed E-state index contributed by atoms with van der Waals surface area (Å²) in [5.74, 6) is 2.56. The van der Waals surface area contributed by atoms with Crippen molar-refractivity contribution in [2.45, 2.75) is 71.1 Å². The molecule has 9 heteroatoms. The monoisotopic (exact) mass is 490 g/mol. The molecular formula is C27H34N6O3.